The second-order valence-electron chi connectivity index (χ2n) is 5.88. The Bertz CT molecular complexity index is 322. The molecule has 0 saturated carbocycles. The Labute approximate surface area is 128 Å². The van der Waals surface area contributed by atoms with Gasteiger partial charge >= 0.3 is 0 Å². The highest BCUT2D eigenvalue weighted by atomic mass is 32.5. The molecule has 120 valence electrons. The van der Waals surface area contributed by atoms with Gasteiger partial charge in [-0.15, -0.1) is 0 Å². The average molecular weight is 322 g/mol. The maximum Gasteiger partial charge on any atom is 0.222 e. The van der Waals surface area contributed by atoms with E-state index in [9.17, 15) is 9.69 Å². The lowest BCUT2D eigenvalue weighted by molar-refractivity contribution is -0.182. The van der Waals surface area contributed by atoms with Crippen molar-refractivity contribution in [2.45, 2.75) is 53.4 Å². The molecule has 0 aromatic rings. The number of carbonyl (C=O) groups is 1. The van der Waals surface area contributed by atoms with Gasteiger partial charge in [-0.2, -0.15) is 0 Å². The second kappa shape index (κ2) is 10.7. The van der Waals surface area contributed by atoms with Crippen LogP contribution in [0.1, 0.15) is 53.4 Å². The molecule has 1 N–H and O–H groups in total. The fourth-order valence-electron chi connectivity index (χ4n) is 1.70. The predicted octanol–water partition coefficient (Wildman–Crippen LogP) is 2.66. The zero-order valence-electron chi connectivity index (χ0n) is 13.2. The largest absolute Gasteiger partial charge is 0.801 e. The van der Waals surface area contributed by atoms with E-state index in [0.717, 1.165) is 32.2 Å². The van der Waals surface area contributed by atoms with Crippen molar-refractivity contribution in [2.75, 3.05) is 19.3 Å². The van der Waals surface area contributed by atoms with Gasteiger partial charge in [0.1, 0.15) is 0 Å². The van der Waals surface area contributed by atoms with Gasteiger partial charge in [0.2, 0.25) is 5.91 Å². The van der Waals surface area contributed by atoms with E-state index in [1.807, 2.05) is 27.7 Å². The van der Waals surface area contributed by atoms with Crippen LogP contribution in [0.5, 0.6) is 0 Å². The smallest absolute Gasteiger partial charge is 0.222 e. The van der Waals surface area contributed by atoms with E-state index in [1.54, 1.807) is 0 Å². The van der Waals surface area contributed by atoms with E-state index in [4.69, 9.17) is 16.3 Å². The molecule has 1 unspecified atom stereocenters. The number of carbonyl (C=O) groups excluding carboxylic acids is 1. The van der Waals surface area contributed by atoms with Gasteiger partial charge in [-0.1, -0.05) is 52.3 Å². The minimum Gasteiger partial charge on any atom is -0.801 e. The number of hydrogen-bond acceptors (Lipinski definition) is 4. The predicted molar refractivity (Wildman–Crippen MR) is 86.3 cm³/mol. The molecule has 0 spiro atoms. The fourth-order valence-corrected chi connectivity index (χ4v) is 4.23. The van der Waals surface area contributed by atoms with Crippen molar-refractivity contribution in [2.24, 2.45) is 11.8 Å². The second-order valence-corrected chi connectivity index (χ2v) is 9.39. The van der Waals surface area contributed by atoms with E-state index in [-0.39, 0.29) is 11.8 Å². The van der Waals surface area contributed by atoms with Gasteiger partial charge in [-0.25, -0.2) is 0 Å². The molecule has 20 heavy (non-hydrogen) atoms. The third-order valence-corrected chi connectivity index (χ3v) is 5.29. The molecule has 4 nitrogen and oxygen atoms in total. The van der Waals surface area contributed by atoms with Crippen LogP contribution in [0.3, 0.4) is 0 Å². The lowest BCUT2D eigenvalue weighted by atomic mass is 10.2. The van der Waals surface area contributed by atoms with Crippen LogP contribution in [0, 0.1) is 11.8 Å². The van der Waals surface area contributed by atoms with Crippen molar-refractivity contribution in [3.8, 4) is 0 Å². The van der Waals surface area contributed by atoms with E-state index in [1.165, 1.54) is 0 Å². The first-order chi connectivity index (χ1) is 9.24. The van der Waals surface area contributed by atoms with Gasteiger partial charge in [-0.05, 0) is 31.4 Å². The van der Waals surface area contributed by atoms with Crippen LogP contribution in [-0.2, 0) is 21.1 Å². The number of hydrogen-bond donors (Lipinski definition) is 1. The molecule has 0 bridgehead atoms. The van der Waals surface area contributed by atoms with Crippen LogP contribution >= 0.6 is 6.49 Å². The van der Waals surface area contributed by atoms with E-state index in [2.05, 4.69) is 5.32 Å². The topological polar surface area (TPSA) is 61.4 Å². The van der Waals surface area contributed by atoms with Crippen molar-refractivity contribution >= 4 is 24.2 Å². The summed E-state index contributed by atoms with van der Waals surface area (Å²) in [5.74, 6) is 0.461. The molecule has 0 aliphatic heterocycles. The Kier molecular flexibility index (Phi) is 10.7. The van der Waals surface area contributed by atoms with Crippen LogP contribution in [0.2, 0.25) is 0 Å². The third kappa shape index (κ3) is 11.8. The van der Waals surface area contributed by atoms with Crippen molar-refractivity contribution in [1.29, 1.82) is 0 Å². The van der Waals surface area contributed by atoms with E-state index < -0.39 is 6.49 Å². The first-order valence-corrected chi connectivity index (χ1v) is 10.3. The number of unbranched alkanes of at least 4 members (excludes halogenated alkanes) is 3. The van der Waals surface area contributed by atoms with Crippen molar-refractivity contribution in [1.82, 2.24) is 5.32 Å². The lowest BCUT2D eigenvalue weighted by Gasteiger charge is -2.29. The lowest BCUT2D eigenvalue weighted by Crippen LogP contribution is -2.28. The molecule has 0 heterocycles. The summed E-state index contributed by atoms with van der Waals surface area (Å²) in [6.07, 6.45) is 4.36. The molecular weight excluding hydrogens is 293 g/mol. The van der Waals surface area contributed by atoms with Gasteiger partial charge in [-0.3, -0.25) is 4.79 Å². The molecule has 0 aliphatic carbocycles. The van der Waals surface area contributed by atoms with Crippen LogP contribution in [-0.4, -0.2) is 25.2 Å². The number of rotatable bonds is 11. The Balaban J connectivity index is 3.45. The van der Waals surface area contributed by atoms with Crippen molar-refractivity contribution < 1.29 is 14.2 Å². The normalized spacial score (nSPS) is 14.6. The maximum atomic E-state index is 11.8. The molecule has 6 heteroatoms. The molecule has 0 aromatic heterocycles. The molecule has 0 aromatic carbocycles. The van der Waals surface area contributed by atoms with Crippen LogP contribution in [0.4, 0.5) is 0 Å². The standard InChI is InChI=1S/C14H30NO3PS/c1-12(2)11-19(17,20)18-10-8-6-5-7-9-15-14(16)13(3)4/h12-13H,5-11H2,1-4H3,(H,15,16)(H,17,20)/p-1. The molecule has 1 atom stereocenters. The van der Waals surface area contributed by atoms with Gasteiger partial charge in [0, 0.05) is 12.5 Å². The summed E-state index contributed by atoms with van der Waals surface area (Å²) in [4.78, 5) is 23.1. The summed E-state index contributed by atoms with van der Waals surface area (Å²) in [7, 11) is 0. The Hall–Kier alpha value is 0.0400. The zero-order valence-corrected chi connectivity index (χ0v) is 14.9. The van der Waals surface area contributed by atoms with Crippen molar-refractivity contribution in [3.05, 3.63) is 0 Å². The SMILES string of the molecule is CC(C)CP([O-])(=S)OCCCCCCNC(=O)C(C)C. The number of amides is 1. The highest BCUT2D eigenvalue weighted by Gasteiger charge is 2.06. The molecule has 1 amide bonds. The average Bonchev–Trinajstić information content (AvgIpc) is 2.30. The minimum absolute atomic E-state index is 0.0468. The van der Waals surface area contributed by atoms with Gasteiger partial charge < -0.3 is 14.7 Å². The fraction of sp³-hybridized carbons (Fsp3) is 0.929. The number of nitrogens with one attached hydrogen (secondary N) is 1. The summed E-state index contributed by atoms with van der Waals surface area (Å²) >= 11 is 4.98. The highest BCUT2D eigenvalue weighted by Crippen LogP contribution is 2.39. The molecule has 0 rings (SSSR count). The summed E-state index contributed by atoms with van der Waals surface area (Å²) in [5.41, 5.74) is 0. The quantitative estimate of drug-likeness (QED) is 0.469. The van der Waals surface area contributed by atoms with Crippen LogP contribution < -0.4 is 10.2 Å². The van der Waals surface area contributed by atoms with Gasteiger partial charge in [0.15, 0.2) is 0 Å². The molecule has 0 aliphatic rings. The van der Waals surface area contributed by atoms with Crippen molar-refractivity contribution in [3.63, 3.8) is 0 Å². The van der Waals surface area contributed by atoms with E-state index in [0.29, 0.717) is 18.7 Å². The first kappa shape index (κ1) is 20.0. The Morgan fingerprint density at radius 3 is 2.35 bits per heavy atom. The van der Waals surface area contributed by atoms with Gasteiger partial charge in [0.05, 0.1) is 6.61 Å². The minimum atomic E-state index is -2.81. The maximum absolute atomic E-state index is 11.8. The highest BCUT2D eigenvalue weighted by molar-refractivity contribution is 8.08. The van der Waals surface area contributed by atoms with Gasteiger partial charge in [0.25, 0.3) is 0 Å². The summed E-state index contributed by atoms with van der Waals surface area (Å²) in [5, 5.41) is 2.89. The third-order valence-electron chi connectivity index (χ3n) is 2.77. The van der Waals surface area contributed by atoms with Crippen LogP contribution in [0.15, 0.2) is 0 Å². The molecule has 0 radical (unpaired) electrons. The summed E-state index contributed by atoms with van der Waals surface area (Å²) in [6, 6.07) is 0. The molecule has 0 fully saturated rings. The molecule has 0 saturated heterocycles. The monoisotopic (exact) mass is 322 g/mol. The van der Waals surface area contributed by atoms with E-state index >= 15 is 0 Å². The summed E-state index contributed by atoms with van der Waals surface area (Å²) in [6.45, 7) is 6.16. The molecular formula is C14H29NO3PS-. The first-order valence-electron chi connectivity index (χ1n) is 7.47. The Morgan fingerprint density at radius 2 is 1.80 bits per heavy atom. The Morgan fingerprint density at radius 1 is 1.20 bits per heavy atom. The summed E-state index contributed by atoms with van der Waals surface area (Å²) < 4.78 is 5.32. The zero-order chi connectivity index (χ0) is 15.6. The van der Waals surface area contributed by atoms with Crippen LogP contribution in [0.25, 0.3) is 0 Å².